The first-order valence-corrected chi connectivity index (χ1v) is 5.24. The summed E-state index contributed by atoms with van der Waals surface area (Å²) in [4.78, 5) is 11.2. The topological polar surface area (TPSA) is 37.4 Å². The molecule has 1 rings (SSSR count). The van der Waals surface area contributed by atoms with E-state index in [1.165, 1.54) is 14.0 Å². The molecule has 1 amide bonds. The summed E-state index contributed by atoms with van der Waals surface area (Å²) in [5.74, 6) is -0.637. The van der Waals surface area contributed by atoms with Crippen LogP contribution in [0.5, 0.6) is 0 Å². The van der Waals surface area contributed by atoms with Crippen LogP contribution < -0.4 is 0 Å². The summed E-state index contributed by atoms with van der Waals surface area (Å²) in [6.45, 7) is 1.37. The van der Waals surface area contributed by atoms with Crippen molar-refractivity contribution in [2.24, 2.45) is 0 Å². The van der Waals surface area contributed by atoms with Crippen molar-refractivity contribution < 1.29 is 9.00 Å². The average Bonchev–Trinajstić information content (AvgIpc) is 2.05. The van der Waals surface area contributed by atoms with Gasteiger partial charge < -0.3 is 0 Å². The molecule has 2 unspecified atom stereocenters. The summed E-state index contributed by atoms with van der Waals surface area (Å²) in [7, 11) is -0.353. The van der Waals surface area contributed by atoms with Gasteiger partial charge in [-0.3, -0.25) is 9.10 Å². The first kappa shape index (κ1) is 10.6. The third kappa shape index (κ3) is 1.09. The quantitative estimate of drug-likeness (QED) is 0.607. The lowest BCUT2D eigenvalue weighted by atomic mass is 10.3. The second-order valence-corrected chi connectivity index (χ2v) is 6.71. The van der Waals surface area contributed by atoms with E-state index in [4.69, 9.17) is 34.8 Å². The summed E-state index contributed by atoms with van der Waals surface area (Å²) in [6, 6.07) is 0. The molecule has 3 nitrogen and oxygen atoms in total. The number of amides is 1. The van der Waals surface area contributed by atoms with Gasteiger partial charge in [-0.25, -0.2) is 4.21 Å². The normalized spacial score (nSPS) is 40.6. The zero-order valence-corrected chi connectivity index (χ0v) is 9.39. The van der Waals surface area contributed by atoms with Crippen LogP contribution in [0.25, 0.3) is 0 Å². The van der Waals surface area contributed by atoms with Gasteiger partial charge >= 0.3 is 0 Å². The van der Waals surface area contributed by atoms with Gasteiger partial charge in [-0.1, -0.05) is 34.8 Å². The van der Waals surface area contributed by atoms with E-state index < -0.39 is 25.4 Å². The second-order valence-electron chi connectivity index (χ2n) is 2.54. The fourth-order valence-corrected chi connectivity index (χ4v) is 3.08. The summed E-state index contributed by atoms with van der Waals surface area (Å²) in [6.07, 6.45) is 0. The van der Waals surface area contributed by atoms with Crippen molar-refractivity contribution in [2.45, 2.75) is 15.5 Å². The van der Waals surface area contributed by atoms with Crippen LogP contribution in [0.1, 0.15) is 6.92 Å². The Hall–Kier alpha value is 0.490. The van der Waals surface area contributed by atoms with Crippen molar-refractivity contribution >= 4 is 51.7 Å². The highest BCUT2D eigenvalue weighted by Crippen LogP contribution is 2.48. The van der Waals surface area contributed by atoms with Crippen LogP contribution in [0.2, 0.25) is 0 Å². The first-order chi connectivity index (χ1) is 5.23. The minimum Gasteiger partial charge on any atom is -0.270 e. The molecular formula is C5H6Cl3NO2S. The molecule has 0 aliphatic carbocycles. The maximum absolute atomic E-state index is 11.4. The standard InChI is InChI=1S/C5H6Cl3NO2S/c1-4(6)5(7,8)3(10)9(2)12(4)11/h1-2H3. The molecule has 0 bridgehead atoms. The zero-order valence-electron chi connectivity index (χ0n) is 6.31. The van der Waals surface area contributed by atoms with Crippen LogP contribution in [0.4, 0.5) is 0 Å². The Morgan fingerprint density at radius 2 is 1.83 bits per heavy atom. The number of halogens is 3. The number of carbonyl (C=O) groups excluding carboxylic acids is 1. The highest BCUT2D eigenvalue weighted by molar-refractivity contribution is 7.87. The fourth-order valence-electron chi connectivity index (χ4n) is 0.831. The smallest absolute Gasteiger partial charge is 0.270 e. The van der Waals surface area contributed by atoms with Gasteiger partial charge in [0.2, 0.25) is 4.33 Å². The van der Waals surface area contributed by atoms with Gasteiger partial charge in [-0.2, -0.15) is 0 Å². The molecule has 0 spiro atoms. The van der Waals surface area contributed by atoms with Crippen molar-refractivity contribution in [2.75, 3.05) is 7.05 Å². The number of hydrogen-bond donors (Lipinski definition) is 0. The molecule has 1 heterocycles. The van der Waals surface area contributed by atoms with E-state index in [1.807, 2.05) is 0 Å². The summed E-state index contributed by atoms with van der Waals surface area (Å²) in [5, 5.41) is 0. The van der Waals surface area contributed by atoms with E-state index in [-0.39, 0.29) is 0 Å². The molecule has 0 aromatic rings. The van der Waals surface area contributed by atoms with Crippen molar-refractivity contribution in [1.29, 1.82) is 0 Å². The fraction of sp³-hybridized carbons (Fsp3) is 0.800. The predicted octanol–water partition coefficient (Wildman–Crippen LogP) is 1.25. The summed E-state index contributed by atoms with van der Waals surface area (Å²) < 4.78 is 9.04. The van der Waals surface area contributed by atoms with Crippen LogP contribution in [0.3, 0.4) is 0 Å². The third-order valence-corrected chi connectivity index (χ3v) is 5.49. The Bertz CT molecular complexity index is 239. The third-order valence-electron chi connectivity index (χ3n) is 1.69. The van der Waals surface area contributed by atoms with Gasteiger partial charge in [0.15, 0.2) is 4.21 Å². The van der Waals surface area contributed by atoms with Crippen molar-refractivity contribution in [1.82, 2.24) is 4.31 Å². The Morgan fingerprint density at radius 3 is 1.92 bits per heavy atom. The van der Waals surface area contributed by atoms with Gasteiger partial charge in [0.1, 0.15) is 11.0 Å². The number of alkyl halides is 3. The SMILES string of the molecule is CN1C(=O)C(Cl)(Cl)C(C)(Cl)S1=O. The van der Waals surface area contributed by atoms with E-state index >= 15 is 0 Å². The van der Waals surface area contributed by atoms with Gasteiger partial charge in [0, 0.05) is 7.05 Å². The van der Waals surface area contributed by atoms with E-state index in [2.05, 4.69) is 0 Å². The van der Waals surface area contributed by atoms with Crippen molar-refractivity contribution in [3.63, 3.8) is 0 Å². The molecule has 0 saturated carbocycles. The largest absolute Gasteiger partial charge is 0.273 e. The molecule has 1 aliphatic rings. The van der Waals surface area contributed by atoms with Gasteiger partial charge in [-0.05, 0) is 6.92 Å². The molecule has 1 saturated heterocycles. The Morgan fingerprint density at radius 1 is 1.42 bits per heavy atom. The lowest BCUT2D eigenvalue weighted by Gasteiger charge is -2.20. The van der Waals surface area contributed by atoms with Crippen molar-refractivity contribution in [3.8, 4) is 0 Å². The minimum atomic E-state index is -1.81. The van der Waals surface area contributed by atoms with Crippen molar-refractivity contribution in [3.05, 3.63) is 0 Å². The van der Waals surface area contributed by atoms with E-state index in [9.17, 15) is 9.00 Å². The minimum absolute atomic E-state index is 0.637. The monoisotopic (exact) mass is 249 g/mol. The van der Waals surface area contributed by atoms with Crippen LogP contribution in [-0.4, -0.2) is 30.0 Å². The number of nitrogens with zero attached hydrogens (tertiary/aromatic N) is 1. The molecule has 1 fully saturated rings. The molecule has 1 aliphatic heterocycles. The highest BCUT2D eigenvalue weighted by atomic mass is 35.5. The summed E-state index contributed by atoms with van der Waals surface area (Å²) >= 11 is 17.1. The van der Waals surface area contributed by atoms with Crippen LogP contribution in [0, 0.1) is 0 Å². The average molecular weight is 251 g/mol. The van der Waals surface area contributed by atoms with Crippen LogP contribution in [-0.2, 0) is 15.8 Å². The second kappa shape index (κ2) is 2.74. The lowest BCUT2D eigenvalue weighted by molar-refractivity contribution is -0.125. The van der Waals surface area contributed by atoms with Gasteiger partial charge in [-0.15, -0.1) is 0 Å². The van der Waals surface area contributed by atoms with Gasteiger partial charge in [0.25, 0.3) is 5.91 Å². The maximum Gasteiger partial charge on any atom is 0.273 e. The maximum atomic E-state index is 11.4. The molecular weight excluding hydrogens is 244 g/mol. The number of hydrogen-bond acceptors (Lipinski definition) is 2. The molecule has 12 heavy (non-hydrogen) atoms. The van der Waals surface area contributed by atoms with E-state index in [0.717, 1.165) is 4.31 Å². The molecule has 2 atom stereocenters. The first-order valence-electron chi connectivity index (χ1n) is 3.00. The van der Waals surface area contributed by atoms with Crippen LogP contribution >= 0.6 is 34.8 Å². The Balaban J connectivity index is 3.24. The number of rotatable bonds is 0. The van der Waals surface area contributed by atoms with Crippen LogP contribution in [0.15, 0.2) is 0 Å². The lowest BCUT2D eigenvalue weighted by Crippen LogP contribution is -2.39. The molecule has 70 valence electrons. The van der Waals surface area contributed by atoms with E-state index in [0.29, 0.717) is 0 Å². The predicted molar refractivity (Wildman–Crippen MR) is 49.6 cm³/mol. The molecule has 0 aromatic heterocycles. The number of carbonyl (C=O) groups is 1. The summed E-state index contributed by atoms with van der Waals surface area (Å²) in [5.41, 5.74) is 0. The molecule has 0 N–H and O–H groups in total. The zero-order chi connectivity index (χ0) is 9.73. The molecule has 0 radical (unpaired) electrons. The highest BCUT2D eigenvalue weighted by Gasteiger charge is 2.64. The molecule has 7 heteroatoms. The Labute approximate surface area is 87.5 Å². The van der Waals surface area contributed by atoms with Gasteiger partial charge in [0.05, 0.1) is 0 Å². The van der Waals surface area contributed by atoms with E-state index in [1.54, 1.807) is 0 Å². The molecule has 0 aromatic carbocycles. The Kier molecular flexibility index (Phi) is 2.41.